The number of nitrogens with two attached hydrogens (primary N) is 1. The molecule has 0 radical (unpaired) electrons. The standard InChI is InChI=1S/C16H32N4O2/c1-19(2)10-7-11-20-13-14(12-15(20)21)16(22)18-9-6-4-3-5-8-17/h14H,3-13,17H2,1-2H3,(H,18,22). The van der Waals surface area contributed by atoms with Crippen LogP contribution in [0.2, 0.25) is 0 Å². The van der Waals surface area contributed by atoms with Gasteiger partial charge in [0.15, 0.2) is 0 Å². The summed E-state index contributed by atoms with van der Waals surface area (Å²) in [7, 11) is 4.05. The van der Waals surface area contributed by atoms with Crippen molar-refractivity contribution in [2.24, 2.45) is 11.7 Å². The Morgan fingerprint density at radius 1 is 1.27 bits per heavy atom. The van der Waals surface area contributed by atoms with Gasteiger partial charge in [0.05, 0.1) is 5.92 Å². The van der Waals surface area contributed by atoms with E-state index in [1.165, 1.54) is 0 Å². The first-order valence-corrected chi connectivity index (χ1v) is 8.45. The first-order chi connectivity index (χ1) is 10.5. The maximum atomic E-state index is 12.1. The molecule has 0 aromatic carbocycles. The number of unbranched alkanes of at least 4 members (excludes halogenated alkanes) is 3. The second-order valence-electron chi connectivity index (χ2n) is 6.39. The van der Waals surface area contributed by atoms with Gasteiger partial charge in [-0.2, -0.15) is 0 Å². The Balaban J connectivity index is 2.17. The van der Waals surface area contributed by atoms with Crippen molar-refractivity contribution in [3.05, 3.63) is 0 Å². The van der Waals surface area contributed by atoms with Gasteiger partial charge in [0.25, 0.3) is 0 Å². The van der Waals surface area contributed by atoms with Gasteiger partial charge in [-0.15, -0.1) is 0 Å². The molecule has 6 nitrogen and oxygen atoms in total. The van der Waals surface area contributed by atoms with E-state index in [2.05, 4.69) is 10.2 Å². The van der Waals surface area contributed by atoms with Crippen molar-refractivity contribution in [2.75, 3.05) is 46.8 Å². The minimum Gasteiger partial charge on any atom is -0.356 e. The van der Waals surface area contributed by atoms with E-state index in [-0.39, 0.29) is 17.7 Å². The summed E-state index contributed by atoms with van der Waals surface area (Å²) in [6, 6.07) is 0. The molecule has 1 heterocycles. The van der Waals surface area contributed by atoms with E-state index in [9.17, 15) is 9.59 Å². The van der Waals surface area contributed by atoms with Crippen molar-refractivity contribution in [1.82, 2.24) is 15.1 Å². The van der Waals surface area contributed by atoms with Gasteiger partial charge in [-0.3, -0.25) is 9.59 Å². The van der Waals surface area contributed by atoms with E-state index in [4.69, 9.17) is 5.73 Å². The zero-order chi connectivity index (χ0) is 16.4. The Labute approximate surface area is 134 Å². The molecule has 22 heavy (non-hydrogen) atoms. The quantitative estimate of drug-likeness (QED) is 0.542. The van der Waals surface area contributed by atoms with Crippen LogP contribution < -0.4 is 11.1 Å². The number of likely N-dealkylation sites (tertiary alicyclic amines) is 1. The summed E-state index contributed by atoms with van der Waals surface area (Å²) in [5.74, 6) is -0.0277. The van der Waals surface area contributed by atoms with Crippen LogP contribution in [0, 0.1) is 5.92 Å². The van der Waals surface area contributed by atoms with E-state index in [0.717, 1.165) is 51.7 Å². The van der Waals surface area contributed by atoms with E-state index in [1.807, 2.05) is 19.0 Å². The highest BCUT2D eigenvalue weighted by atomic mass is 16.2. The minimum absolute atomic E-state index is 0.0299. The van der Waals surface area contributed by atoms with Crippen LogP contribution in [-0.4, -0.2) is 68.4 Å². The molecule has 2 amide bonds. The van der Waals surface area contributed by atoms with Gasteiger partial charge in [0.2, 0.25) is 11.8 Å². The van der Waals surface area contributed by atoms with Crippen LogP contribution in [0.15, 0.2) is 0 Å². The third-order valence-electron chi connectivity index (χ3n) is 4.05. The maximum absolute atomic E-state index is 12.1. The third-order valence-corrected chi connectivity index (χ3v) is 4.05. The Hall–Kier alpha value is -1.14. The molecular formula is C16H32N4O2. The molecule has 0 saturated carbocycles. The molecule has 0 aliphatic carbocycles. The first kappa shape index (κ1) is 18.9. The lowest BCUT2D eigenvalue weighted by atomic mass is 10.1. The second-order valence-corrected chi connectivity index (χ2v) is 6.39. The molecule has 0 spiro atoms. The SMILES string of the molecule is CN(C)CCCN1CC(C(=O)NCCCCCCN)CC1=O. The smallest absolute Gasteiger partial charge is 0.225 e. The largest absolute Gasteiger partial charge is 0.356 e. The summed E-state index contributed by atoms with van der Waals surface area (Å²) in [6.07, 6.45) is 5.56. The van der Waals surface area contributed by atoms with Crippen LogP contribution in [0.3, 0.4) is 0 Å². The van der Waals surface area contributed by atoms with Gasteiger partial charge in [0, 0.05) is 26.1 Å². The monoisotopic (exact) mass is 312 g/mol. The fraction of sp³-hybridized carbons (Fsp3) is 0.875. The summed E-state index contributed by atoms with van der Waals surface area (Å²) in [4.78, 5) is 28.0. The molecule has 0 bridgehead atoms. The Morgan fingerprint density at radius 2 is 2.00 bits per heavy atom. The highest BCUT2D eigenvalue weighted by molar-refractivity contribution is 5.89. The Kier molecular flexibility index (Phi) is 9.08. The highest BCUT2D eigenvalue weighted by Gasteiger charge is 2.33. The number of rotatable bonds is 11. The van der Waals surface area contributed by atoms with Crippen molar-refractivity contribution >= 4 is 11.8 Å². The molecule has 128 valence electrons. The molecule has 6 heteroatoms. The van der Waals surface area contributed by atoms with Crippen LogP contribution in [0.25, 0.3) is 0 Å². The van der Waals surface area contributed by atoms with Crippen molar-refractivity contribution in [3.63, 3.8) is 0 Å². The van der Waals surface area contributed by atoms with Crippen molar-refractivity contribution in [1.29, 1.82) is 0 Å². The third kappa shape index (κ3) is 7.22. The average molecular weight is 312 g/mol. The summed E-state index contributed by atoms with van der Waals surface area (Å²) in [6.45, 7) is 3.73. The van der Waals surface area contributed by atoms with Crippen LogP contribution >= 0.6 is 0 Å². The van der Waals surface area contributed by atoms with E-state index < -0.39 is 0 Å². The highest BCUT2D eigenvalue weighted by Crippen LogP contribution is 2.18. The van der Waals surface area contributed by atoms with Crippen LogP contribution in [-0.2, 0) is 9.59 Å². The second kappa shape index (κ2) is 10.6. The molecule has 1 fully saturated rings. The Morgan fingerprint density at radius 3 is 2.68 bits per heavy atom. The molecule has 1 atom stereocenters. The average Bonchev–Trinajstić information content (AvgIpc) is 2.83. The van der Waals surface area contributed by atoms with E-state index in [1.54, 1.807) is 0 Å². The first-order valence-electron chi connectivity index (χ1n) is 8.45. The van der Waals surface area contributed by atoms with Gasteiger partial charge < -0.3 is 20.9 Å². The number of nitrogens with one attached hydrogen (secondary N) is 1. The topological polar surface area (TPSA) is 78.7 Å². The van der Waals surface area contributed by atoms with Crippen LogP contribution in [0.4, 0.5) is 0 Å². The fourth-order valence-electron chi connectivity index (χ4n) is 2.72. The van der Waals surface area contributed by atoms with Gasteiger partial charge >= 0.3 is 0 Å². The maximum Gasteiger partial charge on any atom is 0.225 e. The van der Waals surface area contributed by atoms with Crippen molar-refractivity contribution < 1.29 is 9.59 Å². The lowest BCUT2D eigenvalue weighted by molar-refractivity contribution is -0.129. The molecular weight excluding hydrogens is 280 g/mol. The molecule has 1 rings (SSSR count). The zero-order valence-corrected chi connectivity index (χ0v) is 14.1. The summed E-state index contributed by atoms with van der Waals surface area (Å²) >= 11 is 0. The van der Waals surface area contributed by atoms with E-state index >= 15 is 0 Å². The predicted octanol–water partition coefficient (Wildman–Crippen LogP) is 0.422. The lowest BCUT2D eigenvalue weighted by Crippen LogP contribution is -2.34. The molecule has 0 aromatic rings. The van der Waals surface area contributed by atoms with Crippen molar-refractivity contribution in [2.45, 2.75) is 38.5 Å². The number of hydrogen-bond acceptors (Lipinski definition) is 4. The number of carbonyl (C=O) groups excluding carboxylic acids is 2. The van der Waals surface area contributed by atoms with Gasteiger partial charge in [-0.1, -0.05) is 12.8 Å². The van der Waals surface area contributed by atoms with Crippen molar-refractivity contribution in [3.8, 4) is 0 Å². The normalized spacial score (nSPS) is 18.3. The molecule has 3 N–H and O–H groups in total. The summed E-state index contributed by atoms with van der Waals surface area (Å²) in [5.41, 5.74) is 5.44. The van der Waals surface area contributed by atoms with Gasteiger partial charge in [-0.25, -0.2) is 0 Å². The molecule has 1 unspecified atom stereocenters. The molecule has 1 aliphatic heterocycles. The number of hydrogen-bond donors (Lipinski definition) is 2. The fourth-order valence-corrected chi connectivity index (χ4v) is 2.72. The minimum atomic E-state index is -0.170. The Bertz CT molecular complexity index is 347. The summed E-state index contributed by atoms with van der Waals surface area (Å²) < 4.78 is 0. The number of nitrogens with zero attached hydrogens (tertiary/aromatic N) is 2. The van der Waals surface area contributed by atoms with E-state index in [0.29, 0.717) is 19.5 Å². The molecule has 1 aliphatic rings. The number of carbonyl (C=O) groups is 2. The molecule has 1 saturated heterocycles. The summed E-state index contributed by atoms with van der Waals surface area (Å²) in [5, 5.41) is 2.96. The predicted molar refractivity (Wildman–Crippen MR) is 88.4 cm³/mol. The molecule has 0 aromatic heterocycles. The van der Waals surface area contributed by atoms with Crippen LogP contribution in [0.5, 0.6) is 0 Å². The zero-order valence-electron chi connectivity index (χ0n) is 14.1. The van der Waals surface area contributed by atoms with Gasteiger partial charge in [-0.05, 0) is 46.4 Å². The van der Waals surface area contributed by atoms with Gasteiger partial charge in [0.1, 0.15) is 0 Å². The number of amides is 2. The lowest BCUT2D eigenvalue weighted by Gasteiger charge is -2.18. The van der Waals surface area contributed by atoms with Crippen LogP contribution in [0.1, 0.15) is 38.5 Å².